The Bertz CT molecular complexity index is 1050. The Morgan fingerprint density at radius 1 is 0.966 bits per heavy atom. The summed E-state index contributed by atoms with van der Waals surface area (Å²) in [5.74, 6) is 0.147. The van der Waals surface area contributed by atoms with Gasteiger partial charge >= 0.3 is 0 Å². The summed E-state index contributed by atoms with van der Waals surface area (Å²) >= 11 is 0. The van der Waals surface area contributed by atoms with Crippen LogP contribution in [0.5, 0.6) is 5.75 Å². The van der Waals surface area contributed by atoms with E-state index in [1.807, 2.05) is 38.1 Å². The quantitative estimate of drug-likeness (QED) is 0.613. The molecule has 0 bridgehead atoms. The zero-order valence-corrected chi connectivity index (χ0v) is 16.4. The van der Waals surface area contributed by atoms with Gasteiger partial charge in [0.15, 0.2) is 0 Å². The topological polar surface area (TPSA) is 80.3 Å². The van der Waals surface area contributed by atoms with Crippen LogP contribution in [-0.2, 0) is 9.59 Å². The fourth-order valence-electron chi connectivity index (χ4n) is 3.27. The number of hydrogen-bond acceptors (Lipinski definition) is 4. The first-order valence-electron chi connectivity index (χ1n) is 9.71. The largest absolute Gasteiger partial charge is 0.491 e. The number of fused-ring (bicyclic) bond motifs is 1. The first-order chi connectivity index (χ1) is 14.0. The maximum atomic E-state index is 12.9. The molecular formula is C23H23N3O3. The molecule has 1 heterocycles. The van der Waals surface area contributed by atoms with Crippen molar-refractivity contribution in [1.29, 1.82) is 0 Å². The van der Waals surface area contributed by atoms with E-state index in [0.717, 1.165) is 11.1 Å². The molecule has 1 saturated carbocycles. The van der Waals surface area contributed by atoms with Crippen molar-refractivity contribution in [1.82, 2.24) is 4.98 Å². The van der Waals surface area contributed by atoms with Gasteiger partial charge in [-0.15, -0.1) is 0 Å². The molecule has 6 heteroatoms. The fraction of sp³-hybridized carbons (Fsp3) is 0.261. The SMILES string of the molecule is CC(C)Oc1ccc(NC(=O)C2(C(=O)Nc3cccc4cccnc34)CC2)cc1. The van der Waals surface area contributed by atoms with Gasteiger partial charge in [0.05, 0.1) is 17.3 Å². The van der Waals surface area contributed by atoms with Crippen LogP contribution in [0.4, 0.5) is 11.4 Å². The van der Waals surface area contributed by atoms with E-state index in [-0.39, 0.29) is 17.9 Å². The van der Waals surface area contributed by atoms with Gasteiger partial charge in [-0.25, -0.2) is 0 Å². The zero-order valence-electron chi connectivity index (χ0n) is 16.4. The van der Waals surface area contributed by atoms with Gasteiger partial charge in [-0.05, 0) is 63.1 Å². The Labute approximate surface area is 169 Å². The number of carbonyl (C=O) groups is 2. The Kier molecular flexibility index (Phi) is 4.92. The van der Waals surface area contributed by atoms with Crippen molar-refractivity contribution in [3.05, 3.63) is 60.8 Å². The van der Waals surface area contributed by atoms with E-state index >= 15 is 0 Å². The number of para-hydroxylation sites is 1. The molecule has 3 aromatic rings. The van der Waals surface area contributed by atoms with Crippen molar-refractivity contribution in [2.24, 2.45) is 5.41 Å². The molecule has 148 valence electrons. The third-order valence-corrected chi connectivity index (χ3v) is 4.98. The Balaban J connectivity index is 1.46. The number of nitrogens with one attached hydrogen (secondary N) is 2. The van der Waals surface area contributed by atoms with E-state index in [1.165, 1.54) is 0 Å². The molecule has 0 unspecified atom stereocenters. The van der Waals surface area contributed by atoms with Crippen molar-refractivity contribution < 1.29 is 14.3 Å². The number of anilines is 2. The van der Waals surface area contributed by atoms with E-state index in [1.54, 1.807) is 36.5 Å². The zero-order chi connectivity index (χ0) is 20.4. The number of benzene rings is 2. The highest BCUT2D eigenvalue weighted by molar-refractivity contribution is 6.18. The highest BCUT2D eigenvalue weighted by Crippen LogP contribution is 2.47. The lowest BCUT2D eigenvalue weighted by Crippen LogP contribution is -2.35. The van der Waals surface area contributed by atoms with Crippen molar-refractivity contribution >= 4 is 34.1 Å². The number of hydrogen-bond donors (Lipinski definition) is 2. The Hall–Kier alpha value is -3.41. The summed E-state index contributed by atoms with van der Waals surface area (Å²) in [6.07, 6.45) is 2.82. The van der Waals surface area contributed by atoms with E-state index in [2.05, 4.69) is 15.6 Å². The molecule has 2 N–H and O–H groups in total. The van der Waals surface area contributed by atoms with Gasteiger partial charge in [0.25, 0.3) is 0 Å². The molecule has 4 rings (SSSR count). The molecular weight excluding hydrogens is 366 g/mol. The van der Waals surface area contributed by atoms with Gasteiger partial charge in [0, 0.05) is 17.3 Å². The maximum absolute atomic E-state index is 12.9. The summed E-state index contributed by atoms with van der Waals surface area (Å²) in [7, 11) is 0. The van der Waals surface area contributed by atoms with Gasteiger partial charge in [-0.3, -0.25) is 14.6 Å². The minimum atomic E-state index is -1.04. The summed E-state index contributed by atoms with van der Waals surface area (Å²) < 4.78 is 5.61. The molecule has 6 nitrogen and oxygen atoms in total. The number of aromatic nitrogens is 1. The predicted molar refractivity (Wildman–Crippen MR) is 113 cm³/mol. The van der Waals surface area contributed by atoms with Crippen LogP contribution in [-0.4, -0.2) is 22.9 Å². The minimum Gasteiger partial charge on any atom is -0.491 e. The number of nitrogens with zero attached hydrogens (tertiary/aromatic N) is 1. The average molecular weight is 389 g/mol. The van der Waals surface area contributed by atoms with Crippen LogP contribution in [0, 0.1) is 5.41 Å². The summed E-state index contributed by atoms with van der Waals surface area (Å²) in [6.45, 7) is 3.91. The van der Waals surface area contributed by atoms with Gasteiger partial charge in [-0.2, -0.15) is 0 Å². The van der Waals surface area contributed by atoms with Gasteiger partial charge < -0.3 is 15.4 Å². The van der Waals surface area contributed by atoms with E-state index in [0.29, 0.717) is 29.7 Å². The molecule has 0 aliphatic heterocycles. The first kappa shape index (κ1) is 18.9. The lowest BCUT2D eigenvalue weighted by atomic mass is 10.0. The summed E-state index contributed by atoms with van der Waals surface area (Å²) in [5.41, 5.74) is 0.920. The van der Waals surface area contributed by atoms with Crippen molar-refractivity contribution in [2.45, 2.75) is 32.8 Å². The second kappa shape index (κ2) is 7.54. The van der Waals surface area contributed by atoms with Crippen molar-refractivity contribution in [3.63, 3.8) is 0 Å². The second-order valence-corrected chi connectivity index (χ2v) is 7.56. The molecule has 0 saturated heterocycles. The maximum Gasteiger partial charge on any atom is 0.240 e. The van der Waals surface area contributed by atoms with Gasteiger partial charge in [0.2, 0.25) is 11.8 Å². The second-order valence-electron chi connectivity index (χ2n) is 7.56. The number of carbonyl (C=O) groups excluding carboxylic acids is 2. The Morgan fingerprint density at radius 3 is 2.34 bits per heavy atom. The standard InChI is InChI=1S/C23H23N3O3/c1-15(2)29-18-10-8-17(9-11-18)25-21(27)23(12-13-23)22(28)26-19-7-3-5-16-6-4-14-24-20(16)19/h3-11,14-15H,12-13H2,1-2H3,(H,25,27)(H,26,28). The fourth-order valence-corrected chi connectivity index (χ4v) is 3.27. The lowest BCUT2D eigenvalue weighted by molar-refractivity contribution is -0.131. The highest BCUT2D eigenvalue weighted by atomic mass is 16.5. The molecule has 2 aromatic carbocycles. The van der Waals surface area contributed by atoms with E-state index in [9.17, 15) is 9.59 Å². The molecule has 1 aliphatic carbocycles. The number of rotatable bonds is 6. The minimum absolute atomic E-state index is 0.0810. The predicted octanol–water partition coefficient (Wildman–Crippen LogP) is 4.38. The normalized spacial score (nSPS) is 14.4. The monoisotopic (exact) mass is 389 g/mol. The molecule has 0 spiro atoms. The number of amides is 2. The third-order valence-electron chi connectivity index (χ3n) is 4.98. The van der Waals surface area contributed by atoms with Crippen LogP contribution in [0.15, 0.2) is 60.8 Å². The van der Waals surface area contributed by atoms with Gasteiger partial charge in [-0.1, -0.05) is 18.2 Å². The van der Waals surface area contributed by atoms with Crippen molar-refractivity contribution in [2.75, 3.05) is 10.6 Å². The van der Waals surface area contributed by atoms with E-state index < -0.39 is 5.41 Å². The molecule has 1 fully saturated rings. The van der Waals surface area contributed by atoms with Crippen LogP contribution in [0.2, 0.25) is 0 Å². The molecule has 0 atom stereocenters. The van der Waals surface area contributed by atoms with Gasteiger partial charge in [0.1, 0.15) is 11.2 Å². The third kappa shape index (κ3) is 3.92. The summed E-state index contributed by atoms with van der Waals surface area (Å²) in [5, 5.41) is 6.69. The molecule has 0 radical (unpaired) electrons. The highest BCUT2D eigenvalue weighted by Gasteiger charge is 2.56. The number of pyridine rings is 1. The molecule has 2 amide bonds. The lowest BCUT2D eigenvalue weighted by Gasteiger charge is -2.16. The van der Waals surface area contributed by atoms with Crippen LogP contribution < -0.4 is 15.4 Å². The molecule has 1 aliphatic rings. The van der Waals surface area contributed by atoms with Crippen LogP contribution >= 0.6 is 0 Å². The number of ether oxygens (including phenoxy) is 1. The summed E-state index contributed by atoms with van der Waals surface area (Å²) in [6, 6.07) is 16.5. The van der Waals surface area contributed by atoms with E-state index in [4.69, 9.17) is 4.74 Å². The first-order valence-corrected chi connectivity index (χ1v) is 9.71. The molecule has 1 aromatic heterocycles. The average Bonchev–Trinajstić information content (AvgIpc) is 3.52. The van der Waals surface area contributed by atoms with Crippen molar-refractivity contribution in [3.8, 4) is 5.75 Å². The van der Waals surface area contributed by atoms with Crippen LogP contribution in [0.25, 0.3) is 10.9 Å². The summed E-state index contributed by atoms with van der Waals surface area (Å²) in [4.78, 5) is 30.1. The Morgan fingerprint density at radius 2 is 1.66 bits per heavy atom. The molecule has 29 heavy (non-hydrogen) atoms. The smallest absolute Gasteiger partial charge is 0.240 e. The van der Waals surface area contributed by atoms with Crippen LogP contribution in [0.1, 0.15) is 26.7 Å². The van der Waals surface area contributed by atoms with Crippen LogP contribution in [0.3, 0.4) is 0 Å².